The maximum Gasteiger partial charge on any atom is 0.180 e. The summed E-state index contributed by atoms with van der Waals surface area (Å²) in [5.74, 6) is 0.660. The Labute approximate surface area is 92.1 Å². The Morgan fingerprint density at radius 3 is 2.27 bits per heavy atom. The zero-order chi connectivity index (χ0) is 11.1. The first-order valence-corrected chi connectivity index (χ1v) is 5.85. The van der Waals surface area contributed by atoms with Gasteiger partial charge < -0.3 is 19.9 Å². The Morgan fingerprint density at radius 1 is 1.20 bits per heavy atom. The Hall–Kier alpha value is -0.160. The maximum atomic E-state index is 5.67. The van der Waals surface area contributed by atoms with Crippen molar-refractivity contribution in [2.24, 2.45) is 11.7 Å². The predicted molar refractivity (Wildman–Crippen MR) is 58.6 cm³/mol. The molecule has 0 amide bonds. The Balaban J connectivity index is 2.06. The SMILES string of the molecule is CCOC(COC1CC(CN)C1)OCC. The predicted octanol–water partition coefficient (Wildman–Crippen LogP) is 1.14. The number of hydrogen-bond acceptors (Lipinski definition) is 4. The lowest BCUT2D eigenvalue weighted by molar-refractivity contribution is -0.185. The molecule has 4 heteroatoms. The van der Waals surface area contributed by atoms with E-state index in [0.29, 0.717) is 31.8 Å². The summed E-state index contributed by atoms with van der Waals surface area (Å²) in [6, 6.07) is 0. The van der Waals surface area contributed by atoms with Gasteiger partial charge in [0.15, 0.2) is 6.29 Å². The van der Waals surface area contributed by atoms with Crippen LogP contribution in [0.4, 0.5) is 0 Å². The molecule has 15 heavy (non-hydrogen) atoms. The van der Waals surface area contributed by atoms with Crippen LogP contribution in [0.3, 0.4) is 0 Å². The molecule has 0 bridgehead atoms. The molecule has 1 rings (SSSR count). The fourth-order valence-corrected chi connectivity index (χ4v) is 1.73. The number of nitrogens with two attached hydrogens (primary N) is 1. The van der Waals surface area contributed by atoms with Crippen molar-refractivity contribution in [2.75, 3.05) is 26.4 Å². The van der Waals surface area contributed by atoms with Crippen molar-refractivity contribution in [3.8, 4) is 0 Å². The molecule has 0 atom stereocenters. The van der Waals surface area contributed by atoms with Crippen molar-refractivity contribution in [3.05, 3.63) is 0 Å². The van der Waals surface area contributed by atoms with Crippen molar-refractivity contribution in [1.82, 2.24) is 0 Å². The van der Waals surface area contributed by atoms with Gasteiger partial charge >= 0.3 is 0 Å². The van der Waals surface area contributed by atoms with Gasteiger partial charge in [-0.15, -0.1) is 0 Å². The van der Waals surface area contributed by atoms with Crippen molar-refractivity contribution in [2.45, 2.75) is 39.1 Å². The standard InChI is InChI=1S/C11H23NO3/c1-3-13-11(14-4-2)8-15-10-5-9(6-10)7-12/h9-11H,3-8,12H2,1-2H3. The average molecular weight is 217 g/mol. The highest BCUT2D eigenvalue weighted by atomic mass is 16.7. The highest BCUT2D eigenvalue weighted by molar-refractivity contribution is 4.80. The van der Waals surface area contributed by atoms with E-state index in [-0.39, 0.29) is 6.29 Å². The summed E-state index contributed by atoms with van der Waals surface area (Å²) in [4.78, 5) is 0. The van der Waals surface area contributed by atoms with Gasteiger partial charge in [-0.25, -0.2) is 0 Å². The molecule has 0 aromatic rings. The van der Waals surface area contributed by atoms with Crippen LogP contribution in [0.1, 0.15) is 26.7 Å². The molecule has 0 saturated heterocycles. The summed E-state index contributed by atoms with van der Waals surface area (Å²) in [5.41, 5.74) is 5.54. The van der Waals surface area contributed by atoms with E-state index in [9.17, 15) is 0 Å². The van der Waals surface area contributed by atoms with Crippen LogP contribution in [-0.4, -0.2) is 38.8 Å². The lowest BCUT2D eigenvalue weighted by Crippen LogP contribution is -2.38. The molecule has 0 radical (unpaired) electrons. The molecule has 0 aromatic carbocycles. The molecular weight excluding hydrogens is 194 g/mol. The van der Waals surface area contributed by atoms with Crippen LogP contribution in [-0.2, 0) is 14.2 Å². The molecule has 1 saturated carbocycles. The van der Waals surface area contributed by atoms with Gasteiger partial charge in [-0.05, 0) is 39.2 Å². The minimum atomic E-state index is -0.211. The summed E-state index contributed by atoms with van der Waals surface area (Å²) in [7, 11) is 0. The zero-order valence-corrected chi connectivity index (χ0v) is 9.78. The molecule has 0 unspecified atom stereocenters. The van der Waals surface area contributed by atoms with Gasteiger partial charge in [-0.3, -0.25) is 0 Å². The van der Waals surface area contributed by atoms with Crippen molar-refractivity contribution in [1.29, 1.82) is 0 Å². The van der Waals surface area contributed by atoms with Crippen LogP contribution in [0.5, 0.6) is 0 Å². The third kappa shape index (κ3) is 4.47. The van der Waals surface area contributed by atoms with E-state index >= 15 is 0 Å². The van der Waals surface area contributed by atoms with Gasteiger partial charge in [0, 0.05) is 13.2 Å². The molecule has 2 N–H and O–H groups in total. The van der Waals surface area contributed by atoms with Gasteiger partial charge in [0.05, 0.1) is 12.7 Å². The summed E-state index contributed by atoms with van der Waals surface area (Å²) in [5, 5.41) is 0. The second-order valence-corrected chi connectivity index (χ2v) is 3.87. The third-order valence-corrected chi connectivity index (χ3v) is 2.70. The second-order valence-electron chi connectivity index (χ2n) is 3.87. The molecular formula is C11H23NO3. The van der Waals surface area contributed by atoms with E-state index in [1.165, 1.54) is 0 Å². The third-order valence-electron chi connectivity index (χ3n) is 2.70. The molecule has 0 aromatic heterocycles. The molecule has 1 aliphatic carbocycles. The first-order chi connectivity index (χ1) is 7.30. The number of ether oxygens (including phenoxy) is 3. The summed E-state index contributed by atoms with van der Waals surface area (Å²) >= 11 is 0. The first kappa shape index (κ1) is 12.9. The van der Waals surface area contributed by atoms with Crippen LogP contribution in [0.15, 0.2) is 0 Å². The minimum Gasteiger partial charge on any atom is -0.373 e. The van der Waals surface area contributed by atoms with E-state index in [1.807, 2.05) is 13.8 Å². The van der Waals surface area contributed by atoms with Gasteiger partial charge in [0.2, 0.25) is 0 Å². The zero-order valence-electron chi connectivity index (χ0n) is 9.78. The summed E-state index contributed by atoms with van der Waals surface area (Å²) in [6.45, 7) is 6.54. The van der Waals surface area contributed by atoms with Crippen LogP contribution in [0.25, 0.3) is 0 Å². The maximum absolute atomic E-state index is 5.67. The first-order valence-electron chi connectivity index (χ1n) is 5.85. The normalized spacial score (nSPS) is 25.6. The lowest BCUT2D eigenvalue weighted by atomic mass is 9.82. The van der Waals surface area contributed by atoms with E-state index in [4.69, 9.17) is 19.9 Å². The Bertz CT molecular complexity index is 154. The van der Waals surface area contributed by atoms with Gasteiger partial charge in [0.25, 0.3) is 0 Å². The van der Waals surface area contributed by atoms with Crippen LogP contribution >= 0.6 is 0 Å². The van der Waals surface area contributed by atoms with Crippen molar-refractivity contribution in [3.63, 3.8) is 0 Å². The molecule has 0 aliphatic heterocycles. The highest BCUT2D eigenvalue weighted by Gasteiger charge is 2.29. The molecule has 1 fully saturated rings. The molecule has 90 valence electrons. The molecule has 0 spiro atoms. The Morgan fingerprint density at radius 2 is 1.80 bits per heavy atom. The average Bonchev–Trinajstić information content (AvgIpc) is 2.16. The lowest BCUT2D eigenvalue weighted by Gasteiger charge is -2.35. The van der Waals surface area contributed by atoms with Crippen LogP contribution in [0, 0.1) is 5.92 Å². The van der Waals surface area contributed by atoms with E-state index in [0.717, 1.165) is 19.4 Å². The molecule has 4 nitrogen and oxygen atoms in total. The van der Waals surface area contributed by atoms with E-state index in [1.54, 1.807) is 0 Å². The summed E-state index contributed by atoms with van der Waals surface area (Å²) < 4.78 is 16.4. The highest BCUT2D eigenvalue weighted by Crippen LogP contribution is 2.29. The second kappa shape index (κ2) is 7.17. The van der Waals surface area contributed by atoms with Gasteiger partial charge in [-0.1, -0.05) is 0 Å². The van der Waals surface area contributed by atoms with Gasteiger partial charge in [0.1, 0.15) is 0 Å². The van der Waals surface area contributed by atoms with Crippen molar-refractivity contribution < 1.29 is 14.2 Å². The van der Waals surface area contributed by atoms with Gasteiger partial charge in [-0.2, -0.15) is 0 Å². The van der Waals surface area contributed by atoms with Crippen LogP contribution in [0.2, 0.25) is 0 Å². The smallest absolute Gasteiger partial charge is 0.180 e. The summed E-state index contributed by atoms with van der Waals surface area (Å²) in [6.07, 6.45) is 2.32. The van der Waals surface area contributed by atoms with E-state index in [2.05, 4.69) is 0 Å². The van der Waals surface area contributed by atoms with Crippen molar-refractivity contribution >= 4 is 0 Å². The Kier molecular flexibility index (Phi) is 6.17. The molecule has 1 aliphatic rings. The van der Waals surface area contributed by atoms with E-state index < -0.39 is 0 Å². The molecule has 0 heterocycles. The largest absolute Gasteiger partial charge is 0.373 e. The van der Waals surface area contributed by atoms with Crippen LogP contribution < -0.4 is 5.73 Å². The fraction of sp³-hybridized carbons (Fsp3) is 1.00. The number of hydrogen-bond donors (Lipinski definition) is 1. The quantitative estimate of drug-likeness (QED) is 0.619. The number of rotatable bonds is 8. The minimum absolute atomic E-state index is 0.211. The monoisotopic (exact) mass is 217 g/mol. The topological polar surface area (TPSA) is 53.7 Å². The fourth-order valence-electron chi connectivity index (χ4n) is 1.73.